The quantitative estimate of drug-likeness (QED) is 0.223. The predicted molar refractivity (Wildman–Crippen MR) is 139 cm³/mol. The first kappa shape index (κ1) is 23.3. The van der Waals surface area contributed by atoms with E-state index in [9.17, 15) is 4.79 Å². The minimum absolute atomic E-state index is 0.325. The molecular formula is C23H18Cl2N4O2S2. The van der Waals surface area contributed by atoms with Crippen LogP contribution >= 0.6 is 46.8 Å². The summed E-state index contributed by atoms with van der Waals surface area (Å²) < 4.78 is 6.67. The molecule has 0 unspecified atom stereocenters. The largest absolute Gasteiger partial charge is 0.465 e. The number of thiocarbonyl (C=S) groups is 1. The Hall–Kier alpha value is -2.91. The van der Waals surface area contributed by atoms with E-state index < -0.39 is 5.97 Å². The summed E-state index contributed by atoms with van der Waals surface area (Å²) in [5.41, 5.74) is 3.00. The molecule has 0 bridgehead atoms. The molecule has 6 nitrogen and oxygen atoms in total. The van der Waals surface area contributed by atoms with Crippen LogP contribution in [-0.4, -0.2) is 28.0 Å². The predicted octanol–water partition coefficient (Wildman–Crippen LogP) is 6.56. The van der Waals surface area contributed by atoms with Crippen molar-refractivity contribution < 1.29 is 9.53 Å². The number of carbonyl (C=O) groups is 1. The Morgan fingerprint density at radius 3 is 2.67 bits per heavy atom. The number of nitrogens with zero attached hydrogens (tertiary/aromatic N) is 2. The van der Waals surface area contributed by atoms with Crippen molar-refractivity contribution in [1.82, 2.24) is 9.78 Å². The average Bonchev–Trinajstić information content (AvgIpc) is 3.42. The monoisotopic (exact) mass is 516 g/mol. The van der Waals surface area contributed by atoms with E-state index in [4.69, 9.17) is 40.2 Å². The second-order valence-electron chi connectivity index (χ2n) is 6.95. The van der Waals surface area contributed by atoms with Crippen molar-refractivity contribution in [3.8, 4) is 10.4 Å². The molecule has 2 aromatic heterocycles. The molecule has 0 amide bonds. The summed E-state index contributed by atoms with van der Waals surface area (Å²) in [6, 6.07) is 16.9. The highest BCUT2D eigenvalue weighted by molar-refractivity contribution is 7.80. The maximum Gasteiger partial charge on any atom is 0.340 e. The smallest absolute Gasteiger partial charge is 0.340 e. The summed E-state index contributed by atoms with van der Waals surface area (Å²) in [7, 11) is 1.35. The van der Waals surface area contributed by atoms with Gasteiger partial charge in [0.25, 0.3) is 0 Å². The molecule has 10 heteroatoms. The minimum Gasteiger partial charge on any atom is -0.465 e. The second-order valence-corrected chi connectivity index (χ2v) is 9.26. The van der Waals surface area contributed by atoms with Crippen LogP contribution in [0.25, 0.3) is 10.4 Å². The van der Waals surface area contributed by atoms with Crippen LogP contribution in [-0.2, 0) is 11.3 Å². The van der Waals surface area contributed by atoms with Crippen molar-refractivity contribution in [3.05, 3.63) is 88.2 Å². The van der Waals surface area contributed by atoms with Crippen molar-refractivity contribution in [3.63, 3.8) is 0 Å². The third-order valence-electron chi connectivity index (χ3n) is 4.66. The molecule has 0 aliphatic carbocycles. The van der Waals surface area contributed by atoms with Gasteiger partial charge in [0.1, 0.15) is 5.00 Å². The molecule has 0 atom stereocenters. The fourth-order valence-electron chi connectivity index (χ4n) is 3.09. The zero-order chi connectivity index (χ0) is 23.4. The first-order valence-electron chi connectivity index (χ1n) is 9.75. The summed E-state index contributed by atoms with van der Waals surface area (Å²) in [6.45, 7) is 0.482. The number of esters is 1. The molecule has 0 fully saturated rings. The molecule has 2 heterocycles. The zero-order valence-corrected chi connectivity index (χ0v) is 20.5. The lowest BCUT2D eigenvalue weighted by molar-refractivity contribution is 0.0602. The van der Waals surface area contributed by atoms with Crippen LogP contribution in [0.3, 0.4) is 0 Å². The van der Waals surface area contributed by atoms with Gasteiger partial charge in [-0.2, -0.15) is 5.10 Å². The van der Waals surface area contributed by atoms with Gasteiger partial charge in [0.05, 0.1) is 31.1 Å². The molecule has 0 spiro atoms. The molecule has 2 N–H and O–H groups in total. The molecule has 4 rings (SSSR count). The standard InChI is InChI=1S/C23H18Cl2N4O2S2/c1-31-22(30)18-10-20(14-5-3-2-4-6-14)33-21(18)28-23(32)27-17-11-26-29(13-17)12-15-7-8-16(24)9-19(15)25/h2-11,13H,12H2,1H3,(H2,27,28,32). The Bertz CT molecular complexity index is 1310. The van der Waals surface area contributed by atoms with E-state index >= 15 is 0 Å². The van der Waals surface area contributed by atoms with Gasteiger partial charge in [-0.3, -0.25) is 4.68 Å². The van der Waals surface area contributed by atoms with Crippen molar-refractivity contribution >= 4 is 68.5 Å². The number of benzene rings is 2. The Kier molecular flexibility index (Phi) is 7.29. The van der Waals surface area contributed by atoms with Crippen molar-refractivity contribution in [2.45, 2.75) is 6.54 Å². The van der Waals surface area contributed by atoms with Gasteiger partial charge in [-0.05, 0) is 41.5 Å². The maximum absolute atomic E-state index is 12.3. The summed E-state index contributed by atoms with van der Waals surface area (Å²) in [5, 5.41) is 12.6. The molecule has 2 aromatic carbocycles. The molecule has 33 heavy (non-hydrogen) atoms. The lowest BCUT2D eigenvalue weighted by Crippen LogP contribution is -2.19. The van der Waals surface area contributed by atoms with Crippen molar-refractivity contribution in [1.29, 1.82) is 0 Å². The van der Waals surface area contributed by atoms with Gasteiger partial charge in [-0.15, -0.1) is 11.3 Å². The fourth-order valence-corrected chi connectivity index (χ4v) is 4.90. The Labute approximate surface area is 210 Å². The van der Waals surface area contributed by atoms with E-state index in [0.717, 1.165) is 16.0 Å². The number of nitrogens with one attached hydrogen (secondary N) is 2. The molecular weight excluding hydrogens is 499 g/mol. The number of halogens is 2. The summed E-state index contributed by atoms with van der Waals surface area (Å²) in [6.07, 6.45) is 3.47. The number of ether oxygens (including phenoxy) is 1. The van der Waals surface area contributed by atoms with Gasteiger partial charge < -0.3 is 15.4 Å². The zero-order valence-electron chi connectivity index (χ0n) is 17.3. The normalized spacial score (nSPS) is 10.6. The topological polar surface area (TPSA) is 68.2 Å². The highest BCUT2D eigenvalue weighted by Gasteiger charge is 2.18. The molecule has 0 aliphatic rings. The van der Waals surface area contributed by atoms with Gasteiger partial charge in [-0.25, -0.2) is 4.79 Å². The van der Waals surface area contributed by atoms with Crippen molar-refractivity contribution in [2.75, 3.05) is 17.7 Å². The number of hydrogen-bond acceptors (Lipinski definition) is 5. The lowest BCUT2D eigenvalue weighted by Gasteiger charge is -2.09. The van der Waals surface area contributed by atoms with E-state index in [-0.39, 0.29) is 0 Å². The number of aromatic nitrogens is 2. The highest BCUT2D eigenvalue weighted by atomic mass is 35.5. The van der Waals surface area contributed by atoms with Gasteiger partial charge in [0.15, 0.2) is 5.11 Å². The van der Waals surface area contributed by atoms with Crippen LogP contribution in [0.5, 0.6) is 0 Å². The van der Waals surface area contributed by atoms with Crippen LogP contribution in [0, 0.1) is 0 Å². The van der Waals surface area contributed by atoms with Gasteiger partial charge >= 0.3 is 5.97 Å². The number of methoxy groups -OCH3 is 1. The maximum atomic E-state index is 12.3. The van der Waals surface area contributed by atoms with Crippen LogP contribution in [0.2, 0.25) is 10.0 Å². The molecule has 0 saturated heterocycles. The number of anilines is 2. The molecule has 4 aromatic rings. The van der Waals surface area contributed by atoms with E-state index in [2.05, 4.69) is 15.7 Å². The minimum atomic E-state index is -0.439. The first-order valence-corrected chi connectivity index (χ1v) is 11.7. The third-order valence-corrected chi connectivity index (χ3v) is 6.55. The van der Waals surface area contributed by atoms with E-state index in [1.165, 1.54) is 18.4 Å². The van der Waals surface area contributed by atoms with Crippen LogP contribution in [0.1, 0.15) is 15.9 Å². The summed E-state index contributed by atoms with van der Waals surface area (Å²) in [5.74, 6) is -0.439. The SMILES string of the molecule is COC(=O)c1cc(-c2ccccc2)sc1NC(=S)Nc1cnn(Cc2ccc(Cl)cc2Cl)c1. The van der Waals surface area contributed by atoms with Crippen LogP contribution < -0.4 is 10.6 Å². The van der Waals surface area contributed by atoms with Gasteiger partial charge in [0, 0.05) is 21.1 Å². The first-order chi connectivity index (χ1) is 15.9. The lowest BCUT2D eigenvalue weighted by atomic mass is 10.1. The van der Waals surface area contributed by atoms with E-state index in [0.29, 0.717) is 38.0 Å². The Morgan fingerprint density at radius 1 is 1.15 bits per heavy atom. The summed E-state index contributed by atoms with van der Waals surface area (Å²) in [4.78, 5) is 13.2. The number of thiophene rings is 1. The molecule has 0 saturated carbocycles. The number of carbonyl (C=O) groups excluding carboxylic acids is 1. The average molecular weight is 517 g/mol. The Morgan fingerprint density at radius 2 is 1.94 bits per heavy atom. The number of rotatable bonds is 6. The fraction of sp³-hybridized carbons (Fsp3) is 0.0870. The third kappa shape index (κ3) is 5.72. The van der Waals surface area contributed by atoms with Crippen molar-refractivity contribution in [2.24, 2.45) is 0 Å². The van der Waals surface area contributed by atoms with E-state index in [1.54, 1.807) is 29.1 Å². The van der Waals surface area contributed by atoms with Gasteiger partial charge in [-0.1, -0.05) is 59.6 Å². The van der Waals surface area contributed by atoms with Crippen LogP contribution in [0.4, 0.5) is 10.7 Å². The van der Waals surface area contributed by atoms with E-state index in [1.807, 2.05) is 42.6 Å². The summed E-state index contributed by atoms with van der Waals surface area (Å²) >= 11 is 19.1. The Balaban J connectivity index is 1.47. The molecule has 168 valence electrons. The van der Waals surface area contributed by atoms with Crippen LogP contribution in [0.15, 0.2) is 67.0 Å². The number of hydrogen-bond donors (Lipinski definition) is 2. The highest BCUT2D eigenvalue weighted by Crippen LogP contribution is 2.36. The molecule has 0 aliphatic heterocycles. The second kappa shape index (κ2) is 10.4. The molecule has 0 radical (unpaired) electrons. The van der Waals surface area contributed by atoms with Gasteiger partial charge in [0.2, 0.25) is 0 Å².